The van der Waals surface area contributed by atoms with E-state index < -0.39 is 0 Å². The summed E-state index contributed by atoms with van der Waals surface area (Å²) in [5, 5.41) is 2.99. The number of carbonyl (C=O) groups is 1. The van der Waals surface area contributed by atoms with Crippen molar-refractivity contribution in [2.45, 2.75) is 63.5 Å². The first-order valence-electron chi connectivity index (χ1n) is 7.87. The summed E-state index contributed by atoms with van der Waals surface area (Å²) < 4.78 is 5.37. The molecule has 1 amide bonds. The minimum absolute atomic E-state index is 0.0813. The van der Waals surface area contributed by atoms with Crippen LogP contribution in [0.1, 0.15) is 51.4 Å². The van der Waals surface area contributed by atoms with Gasteiger partial charge in [0.1, 0.15) is 6.10 Å². The highest BCUT2D eigenvalue weighted by molar-refractivity contribution is 5.80. The van der Waals surface area contributed by atoms with Gasteiger partial charge in [-0.3, -0.25) is 4.79 Å². The highest BCUT2D eigenvalue weighted by atomic mass is 16.5. The van der Waals surface area contributed by atoms with E-state index in [9.17, 15) is 4.79 Å². The molecule has 1 saturated carbocycles. The zero-order valence-electron chi connectivity index (χ0n) is 12.2. The Morgan fingerprint density at radius 1 is 1.21 bits per heavy atom. The van der Waals surface area contributed by atoms with Crippen molar-refractivity contribution < 1.29 is 9.53 Å². The van der Waals surface area contributed by atoms with Crippen LogP contribution < -0.4 is 5.32 Å². The Hall–Kier alpha value is -0.610. The van der Waals surface area contributed by atoms with Gasteiger partial charge in [0, 0.05) is 19.2 Å². The number of rotatable bonds is 6. The third kappa shape index (κ3) is 4.77. The topological polar surface area (TPSA) is 41.6 Å². The Labute approximate surface area is 116 Å². The molecule has 1 saturated heterocycles. The van der Waals surface area contributed by atoms with Crippen molar-refractivity contribution in [2.75, 3.05) is 26.7 Å². The molecule has 1 atom stereocenters. The fraction of sp³-hybridized carbons (Fsp3) is 0.933. The predicted molar refractivity (Wildman–Crippen MR) is 76.1 cm³/mol. The van der Waals surface area contributed by atoms with Crippen LogP contribution >= 0.6 is 0 Å². The lowest BCUT2D eigenvalue weighted by molar-refractivity contribution is -0.130. The van der Waals surface area contributed by atoms with E-state index in [0.29, 0.717) is 0 Å². The van der Waals surface area contributed by atoms with Gasteiger partial charge in [-0.1, -0.05) is 19.3 Å². The van der Waals surface area contributed by atoms with E-state index in [1.165, 1.54) is 32.1 Å². The van der Waals surface area contributed by atoms with Gasteiger partial charge in [0.2, 0.25) is 5.91 Å². The molecular weight excluding hydrogens is 240 g/mol. The molecule has 1 aliphatic heterocycles. The number of hydrogen-bond donors (Lipinski definition) is 1. The Kier molecular flexibility index (Phi) is 6.11. The van der Waals surface area contributed by atoms with Crippen LogP contribution in [-0.2, 0) is 9.53 Å². The number of amides is 1. The van der Waals surface area contributed by atoms with Crippen LogP contribution in [0.25, 0.3) is 0 Å². The molecule has 0 aromatic carbocycles. The zero-order valence-corrected chi connectivity index (χ0v) is 12.2. The molecule has 2 fully saturated rings. The van der Waals surface area contributed by atoms with Gasteiger partial charge < -0.3 is 15.0 Å². The quantitative estimate of drug-likeness (QED) is 0.749. The van der Waals surface area contributed by atoms with Gasteiger partial charge in [-0.2, -0.15) is 0 Å². The van der Waals surface area contributed by atoms with Gasteiger partial charge in [-0.05, 0) is 45.7 Å². The molecule has 0 bridgehead atoms. The standard InChI is InChI=1S/C15H28N2O2/c1-17(13-7-3-2-4-8-13)11-6-10-16-15(18)14-9-5-12-19-14/h13-14H,2-12H2,1H3,(H,16,18). The lowest BCUT2D eigenvalue weighted by Crippen LogP contribution is -2.38. The number of carbonyl (C=O) groups excluding carboxylic acids is 1. The van der Waals surface area contributed by atoms with E-state index in [2.05, 4.69) is 17.3 Å². The van der Waals surface area contributed by atoms with Gasteiger partial charge in [-0.25, -0.2) is 0 Å². The zero-order chi connectivity index (χ0) is 13.5. The van der Waals surface area contributed by atoms with Crippen LogP contribution in [0.4, 0.5) is 0 Å². The highest BCUT2D eigenvalue weighted by Gasteiger charge is 2.23. The lowest BCUT2D eigenvalue weighted by Gasteiger charge is -2.31. The van der Waals surface area contributed by atoms with Gasteiger partial charge >= 0.3 is 0 Å². The summed E-state index contributed by atoms with van der Waals surface area (Å²) in [4.78, 5) is 14.2. The molecule has 2 aliphatic rings. The van der Waals surface area contributed by atoms with Gasteiger partial charge in [0.15, 0.2) is 0 Å². The molecule has 1 heterocycles. The average Bonchev–Trinajstić information content (AvgIpc) is 2.98. The van der Waals surface area contributed by atoms with Crippen molar-refractivity contribution in [1.82, 2.24) is 10.2 Å². The van der Waals surface area contributed by atoms with Crippen LogP contribution in [0.2, 0.25) is 0 Å². The van der Waals surface area contributed by atoms with Crippen molar-refractivity contribution in [2.24, 2.45) is 0 Å². The van der Waals surface area contributed by atoms with Crippen molar-refractivity contribution in [3.05, 3.63) is 0 Å². The molecule has 0 aromatic rings. The molecule has 0 spiro atoms. The molecule has 0 aromatic heterocycles. The first kappa shape index (κ1) is 14.8. The first-order valence-corrected chi connectivity index (χ1v) is 7.87. The van der Waals surface area contributed by atoms with Gasteiger partial charge in [0.25, 0.3) is 0 Å². The van der Waals surface area contributed by atoms with Crippen LogP contribution in [0, 0.1) is 0 Å². The average molecular weight is 268 g/mol. The second kappa shape index (κ2) is 7.85. The Balaban J connectivity index is 1.54. The van der Waals surface area contributed by atoms with Crippen molar-refractivity contribution >= 4 is 5.91 Å². The molecular formula is C15H28N2O2. The van der Waals surface area contributed by atoms with Crippen LogP contribution in [-0.4, -0.2) is 49.7 Å². The normalized spacial score (nSPS) is 24.8. The summed E-state index contributed by atoms with van der Waals surface area (Å²) in [6.45, 7) is 2.59. The maximum Gasteiger partial charge on any atom is 0.249 e. The third-order valence-electron chi connectivity index (χ3n) is 4.41. The molecule has 2 rings (SSSR count). The highest BCUT2D eigenvalue weighted by Crippen LogP contribution is 2.21. The molecule has 1 aliphatic carbocycles. The summed E-state index contributed by atoms with van der Waals surface area (Å²) >= 11 is 0. The summed E-state index contributed by atoms with van der Waals surface area (Å²) in [6, 6.07) is 0.766. The number of ether oxygens (including phenoxy) is 1. The minimum Gasteiger partial charge on any atom is -0.368 e. The maximum absolute atomic E-state index is 11.7. The Morgan fingerprint density at radius 2 is 2.00 bits per heavy atom. The van der Waals surface area contributed by atoms with E-state index in [-0.39, 0.29) is 12.0 Å². The summed E-state index contributed by atoms with van der Waals surface area (Å²) in [6.07, 6.45) is 9.60. The number of hydrogen-bond acceptors (Lipinski definition) is 3. The first-order chi connectivity index (χ1) is 9.27. The molecule has 4 nitrogen and oxygen atoms in total. The molecule has 110 valence electrons. The van der Waals surface area contributed by atoms with Crippen molar-refractivity contribution in [1.29, 1.82) is 0 Å². The SMILES string of the molecule is CN(CCCNC(=O)C1CCCO1)C1CCCCC1. The van der Waals surface area contributed by atoms with Crippen LogP contribution in [0.5, 0.6) is 0 Å². The van der Waals surface area contributed by atoms with Gasteiger partial charge in [-0.15, -0.1) is 0 Å². The number of nitrogens with one attached hydrogen (secondary N) is 1. The second-order valence-corrected chi connectivity index (χ2v) is 5.92. The Morgan fingerprint density at radius 3 is 2.68 bits per heavy atom. The molecule has 1 unspecified atom stereocenters. The fourth-order valence-electron chi connectivity index (χ4n) is 3.14. The Bertz CT molecular complexity index is 271. The third-order valence-corrected chi connectivity index (χ3v) is 4.41. The molecule has 0 radical (unpaired) electrons. The lowest BCUT2D eigenvalue weighted by atomic mass is 9.94. The maximum atomic E-state index is 11.7. The molecule has 1 N–H and O–H groups in total. The summed E-state index contributed by atoms with van der Waals surface area (Å²) in [5.41, 5.74) is 0. The van der Waals surface area contributed by atoms with E-state index >= 15 is 0 Å². The van der Waals surface area contributed by atoms with E-state index in [4.69, 9.17) is 4.74 Å². The van der Waals surface area contributed by atoms with Crippen molar-refractivity contribution in [3.63, 3.8) is 0 Å². The fourth-order valence-corrected chi connectivity index (χ4v) is 3.14. The van der Waals surface area contributed by atoms with E-state index in [1.54, 1.807) is 0 Å². The van der Waals surface area contributed by atoms with E-state index in [1.807, 2.05) is 0 Å². The minimum atomic E-state index is -0.184. The second-order valence-electron chi connectivity index (χ2n) is 5.92. The molecule has 4 heteroatoms. The monoisotopic (exact) mass is 268 g/mol. The largest absolute Gasteiger partial charge is 0.368 e. The van der Waals surface area contributed by atoms with Gasteiger partial charge in [0.05, 0.1) is 0 Å². The van der Waals surface area contributed by atoms with Crippen LogP contribution in [0.15, 0.2) is 0 Å². The van der Waals surface area contributed by atoms with Crippen LogP contribution in [0.3, 0.4) is 0 Å². The number of nitrogens with zero attached hydrogens (tertiary/aromatic N) is 1. The molecule has 19 heavy (non-hydrogen) atoms. The van der Waals surface area contributed by atoms with E-state index in [0.717, 1.165) is 45.0 Å². The van der Waals surface area contributed by atoms with Crippen molar-refractivity contribution in [3.8, 4) is 0 Å². The smallest absolute Gasteiger partial charge is 0.249 e. The predicted octanol–water partition coefficient (Wildman–Crippen LogP) is 1.94. The summed E-state index contributed by atoms with van der Waals surface area (Å²) in [7, 11) is 2.22. The summed E-state index contributed by atoms with van der Waals surface area (Å²) in [5.74, 6) is 0.0813.